The van der Waals surface area contributed by atoms with Crippen LogP contribution in [0.2, 0.25) is 0 Å². The lowest BCUT2D eigenvalue weighted by Crippen LogP contribution is -2.30. The second-order valence-electron chi connectivity index (χ2n) is 4.95. The van der Waals surface area contributed by atoms with E-state index in [2.05, 4.69) is 10.6 Å². The predicted molar refractivity (Wildman–Crippen MR) is 85.6 cm³/mol. The van der Waals surface area contributed by atoms with E-state index < -0.39 is 11.7 Å². The number of hydrogen-bond donors (Lipinski definition) is 2. The Morgan fingerprint density at radius 2 is 1.57 bits per heavy atom. The average molecular weight is 342 g/mol. The minimum atomic E-state index is -4.37. The zero-order valence-electron chi connectivity index (χ0n) is 12.1. The fraction of sp³-hybridized carbons (Fsp3) is 0.188. The van der Waals surface area contributed by atoms with Crippen LogP contribution in [-0.4, -0.2) is 5.11 Å². The van der Waals surface area contributed by atoms with Crippen molar-refractivity contribution in [2.24, 2.45) is 0 Å². The Labute approximate surface area is 136 Å². The van der Waals surface area contributed by atoms with Gasteiger partial charge in [-0.15, -0.1) is 0 Å². The lowest BCUT2D eigenvalue weighted by molar-refractivity contribution is -0.137. The standard InChI is InChI=1S/C16H14F4N2S/c1-10(11-2-6-13(17)7-3-11)21-15(23)22-14-8-4-12(5-9-14)16(18,19)20/h2-10H,1H3,(H2,21,22,23)/t10-/m0/s1. The van der Waals surface area contributed by atoms with Gasteiger partial charge in [0.1, 0.15) is 5.82 Å². The average Bonchev–Trinajstić information content (AvgIpc) is 2.47. The quantitative estimate of drug-likeness (QED) is 0.613. The van der Waals surface area contributed by atoms with E-state index >= 15 is 0 Å². The summed E-state index contributed by atoms with van der Waals surface area (Å²) in [6, 6.07) is 10.4. The molecular formula is C16H14F4N2S. The molecule has 0 heterocycles. The van der Waals surface area contributed by atoms with E-state index in [1.165, 1.54) is 24.3 Å². The normalized spacial score (nSPS) is 12.6. The van der Waals surface area contributed by atoms with E-state index in [9.17, 15) is 17.6 Å². The lowest BCUT2D eigenvalue weighted by atomic mass is 10.1. The van der Waals surface area contributed by atoms with Crippen molar-refractivity contribution in [2.75, 3.05) is 5.32 Å². The van der Waals surface area contributed by atoms with Gasteiger partial charge in [-0.3, -0.25) is 0 Å². The number of rotatable bonds is 3. The third-order valence-electron chi connectivity index (χ3n) is 3.19. The molecule has 0 saturated carbocycles. The van der Waals surface area contributed by atoms with Crippen molar-refractivity contribution in [1.82, 2.24) is 5.32 Å². The summed E-state index contributed by atoms with van der Waals surface area (Å²) in [7, 11) is 0. The Balaban J connectivity index is 1.95. The molecule has 7 heteroatoms. The molecule has 0 fully saturated rings. The maximum absolute atomic E-state index is 12.9. The molecule has 2 aromatic rings. The van der Waals surface area contributed by atoms with E-state index in [1.54, 1.807) is 12.1 Å². The first-order chi connectivity index (χ1) is 10.8. The summed E-state index contributed by atoms with van der Waals surface area (Å²) < 4.78 is 50.3. The van der Waals surface area contributed by atoms with Crippen molar-refractivity contribution in [3.8, 4) is 0 Å². The van der Waals surface area contributed by atoms with Crippen molar-refractivity contribution in [2.45, 2.75) is 19.1 Å². The highest BCUT2D eigenvalue weighted by Gasteiger charge is 2.29. The van der Waals surface area contributed by atoms with Crippen molar-refractivity contribution < 1.29 is 17.6 Å². The number of hydrogen-bond acceptors (Lipinski definition) is 1. The first-order valence-electron chi connectivity index (χ1n) is 6.76. The summed E-state index contributed by atoms with van der Waals surface area (Å²) in [5, 5.41) is 6.06. The zero-order valence-corrected chi connectivity index (χ0v) is 12.9. The molecule has 0 saturated heterocycles. The first kappa shape index (κ1) is 17.2. The van der Waals surface area contributed by atoms with Gasteiger partial charge in [-0.25, -0.2) is 4.39 Å². The third-order valence-corrected chi connectivity index (χ3v) is 3.41. The number of halogens is 4. The molecule has 0 spiro atoms. The molecule has 0 bridgehead atoms. The fourth-order valence-electron chi connectivity index (χ4n) is 1.94. The van der Waals surface area contributed by atoms with Gasteiger partial charge in [0, 0.05) is 5.69 Å². The molecule has 0 aliphatic heterocycles. The summed E-state index contributed by atoms with van der Waals surface area (Å²) in [6.45, 7) is 1.84. The van der Waals surface area contributed by atoms with Crippen LogP contribution >= 0.6 is 12.2 Å². The Hall–Kier alpha value is -2.15. The van der Waals surface area contributed by atoms with Crippen molar-refractivity contribution in [1.29, 1.82) is 0 Å². The van der Waals surface area contributed by atoms with Gasteiger partial charge in [0.05, 0.1) is 11.6 Å². The first-order valence-corrected chi connectivity index (χ1v) is 7.17. The minimum absolute atomic E-state index is 0.176. The third kappa shape index (κ3) is 4.92. The second-order valence-corrected chi connectivity index (χ2v) is 5.36. The van der Waals surface area contributed by atoms with Crippen LogP contribution in [0.3, 0.4) is 0 Å². The molecule has 0 aliphatic carbocycles. The Morgan fingerprint density at radius 1 is 1.00 bits per heavy atom. The molecule has 1 atom stereocenters. The molecule has 2 N–H and O–H groups in total. The number of nitrogens with one attached hydrogen (secondary N) is 2. The van der Waals surface area contributed by atoms with Gasteiger partial charge in [0.15, 0.2) is 5.11 Å². The van der Waals surface area contributed by atoms with Crippen LogP contribution in [-0.2, 0) is 6.18 Å². The SMILES string of the molecule is C[C@H](NC(=S)Nc1ccc(C(F)(F)F)cc1)c1ccc(F)cc1. The van der Waals surface area contributed by atoms with E-state index in [0.29, 0.717) is 5.69 Å². The van der Waals surface area contributed by atoms with Crippen LogP contribution < -0.4 is 10.6 Å². The van der Waals surface area contributed by atoms with Gasteiger partial charge >= 0.3 is 6.18 Å². The predicted octanol–water partition coefficient (Wildman–Crippen LogP) is 4.89. The molecule has 0 amide bonds. The number of thiocarbonyl (C=S) groups is 1. The summed E-state index contributed by atoms with van der Waals surface area (Å²) in [5.41, 5.74) is 0.561. The van der Waals surface area contributed by atoms with E-state index in [-0.39, 0.29) is 17.0 Å². The lowest BCUT2D eigenvalue weighted by Gasteiger charge is -2.17. The highest BCUT2D eigenvalue weighted by atomic mass is 32.1. The van der Waals surface area contributed by atoms with Crippen molar-refractivity contribution in [3.05, 3.63) is 65.5 Å². The monoisotopic (exact) mass is 342 g/mol. The Bertz CT molecular complexity index is 666. The molecule has 0 aromatic heterocycles. The topological polar surface area (TPSA) is 24.1 Å². The maximum atomic E-state index is 12.9. The summed E-state index contributed by atoms with van der Waals surface area (Å²) in [5.74, 6) is -0.327. The van der Waals surface area contributed by atoms with Gasteiger partial charge < -0.3 is 10.6 Å². The summed E-state index contributed by atoms with van der Waals surface area (Å²) in [6.07, 6.45) is -4.37. The van der Waals surface area contributed by atoms with Crippen LogP contribution in [0.5, 0.6) is 0 Å². The highest BCUT2D eigenvalue weighted by molar-refractivity contribution is 7.80. The van der Waals surface area contributed by atoms with Crippen molar-refractivity contribution >= 4 is 23.0 Å². The van der Waals surface area contributed by atoms with E-state index in [0.717, 1.165) is 17.7 Å². The summed E-state index contributed by atoms with van der Waals surface area (Å²) in [4.78, 5) is 0. The molecule has 0 radical (unpaired) electrons. The van der Waals surface area contributed by atoms with Gasteiger partial charge in [0.2, 0.25) is 0 Å². The zero-order chi connectivity index (χ0) is 17.0. The minimum Gasteiger partial charge on any atom is -0.356 e. The molecule has 0 aliphatic rings. The largest absolute Gasteiger partial charge is 0.416 e. The smallest absolute Gasteiger partial charge is 0.356 e. The number of alkyl halides is 3. The number of anilines is 1. The Kier molecular flexibility index (Phi) is 5.20. The fourth-order valence-corrected chi connectivity index (χ4v) is 2.24. The van der Waals surface area contributed by atoms with Crippen LogP contribution in [0.4, 0.5) is 23.2 Å². The molecular weight excluding hydrogens is 328 g/mol. The van der Waals surface area contributed by atoms with Crippen LogP contribution in [0.25, 0.3) is 0 Å². The highest BCUT2D eigenvalue weighted by Crippen LogP contribution is 2.29. The molecule has 0 unspecified atom stereocenters. The molecule has 122 valence electrons. The molecule has 2 aromatic carbocycles. The van der Waals surface area contributed by atoms with Crippen LogP contribution in [0.15, 0.2) is 48.5 Å². The molecule has 23 heavy (non-hydrogen) atoms. The van der Waals surface area contributed by atoms with Crippen LogP contribution in [0.1, 0.15) is 24.1 Å². The maximum Gasteiger partial charge on any atom is 0.416 e. The summed E-state index contributed by atoms with van der Waals surface area (Å²) >= 11 is 5.13. The molecule has 2 nitrogen and oxygen atoms in total. The van der Waals surface area contributed by atoms with Gasteiger partial charge in [0.25, 0.3) is 0 Å². The number of benzene rings is 2. The second kappa shape index (κ2) is 6.95. The van der Waals surface area contributed by atoms with Gasteiger partial charge in [-0.2, -0.15) is 13.2 Å². The van der Waals surface area contributed by atoms with Gasteiger partial charge in [-0.05, 0) is 61.1 Å². The van der Waals surface area contributed by atoms with Crippen molar-refractivity contribution in [3.63, 3.8) is 0 Å². The van der Waals surface area contributed by atoms with E-state index in [4.69, 9.17) is 12.2 Å². The van der Waals surface area contributed by atoms with Gasteiger partial charge in [-0.1, -0.05) is 12.1 Å². The molecule has 2 rings (SSSR count). The van der Waals surface area contributed by atoms with E-state index in [1.807, 2.05) is 6.92 Å². The Morgan fingerprint density at radius 3 is 2.09 bits per heavy atom. The van der Waals surface area contributed by atoms with Crippen LogP contribution in [0, 0.1) is 5.82 Å².